The first-order valence-corrected chi connectivity index (χ1v) is 9.21. The summed E-state index contributed by atoms with van der Waals surface area (Å²) in [7, 11) is 0. The van der Waals surface area contributed by atoms with Gasteiger partial charge in [-0.25, -0.2) is 0 Å². The Balaban J connectivity index is 1.99. The molecule has 0 saturated carbocycles. The van der Waals surface area contributed by atoms with Crippen LogP contribution in [0.1, 0.15) is 26.3 Å². The van der Waals surface area contributed by atoms with E-state index in [2.05, 4.69) is 112 Å². The van der Waals surface area contributed by atoms with Gasteiger partial charge in [-0.1, -0.05) is 99.6 Å². The molecular formula is C26H24. The van der Waals surface area contributed by atoms with Crippen LogP contribution >= 0.6 is 0 Å². The van der Waals surface area contributed by atoms with Crippen molar-refractivity contribution in [1.82, 2.24) is 0 Å². The topological polar surface area (TPSA) is 0 Å². The van der Waals surface area contributed by atoms with Gasteiger partial charge in [0.1, 0.15) is 0 Å². The predicted molar refractivity (Wildman–Crippen MR) is 114 cm³/mol. The second-order valence-electron chi connectivity index (χ2n) is 7.94. The average molecular weight is 336 g/mol. The SMILES string of the molecule is CC(C)(C)c1cccc(-c2cc3ccccc3cc2-c2ccccc2)c1. The van der Waals surface area contributed by atoms with Gasteiger partial charge in [0.15, 0.2) is 0 Å². The summed E-state index contributed by atoms with van der Waals surface area (Å²) < 4.78 is 0. The summed E-state index contributed by atoms with van der Waals surface area (Å²) in [6.07, 6.45) is 0. The number of hydrogen-bond donors (Lipinski definition) is 0. The highest BCUT2D eigenvalue weighted by Gasteiger charge is 2.16. The Morgan fingerprint density at radius 2 is 1.04 bits per heavy atom. The van der Waals surface area contributed by atoms with E-state index in [0.717, 1.165) is 0 Å². The van der Waals surface area contributed by atoms with Crippen LogP contribution in [0.5, 0.6) is 0 Å². The van der Waals surface area contributed by atoms with Gasteiger partial charge in [-0.2, -0.15) is 0 Å². The first kappa shape index (κ1) is 16.6. The molecular weight excluding hydrogens is 312 g/mol. The van der Waals surface area contributed by atoms with E-state index in [1.807, 2.05) is 0 Å². The van der Waals surface area contributed by atoms with Crippen LogP contribution in [-0.4, -0.2) is 0 Å². The van der Waals surface area contributed by atoms with Crippen molar-refractivity contribution < 1.29 is 0 Å². The van der Waals surface area contributed by atoms with Gasteiger partial charge < -0.3 is 0 Å². The minimum atomic E-state index is 0.139. The molecule has 128 valence electrons. The lowest BCUT2D eigenvalue weighted by Crippen LogP contribution is -2.10. The monoisotopic (exact) mass is 336 g/mol. The van der Waals surface area contributed by atoms with Gasteiger partial charge in [-0.05, 0) is 56.1 Å². The molecule has 4 aromatic rings. The molecule has 0 spiro atoms. The minimum Gasteiger partial charge on any atom is -0.0622 e. The summed E-state index contributed by atoms with van der Waals surface area (Å²) in [4.78, 5) is 0. The lowest BCUT2D eigenvalue weighted by Gasteiger charge is -2.21. The standard InChI is InChI=1S/C26H24/c1-26(2,3)23-15-9-14-22(16-23)25-18-21-13-8-7-12-20(21)17-24(25)19-10-5-4-6-11-19/h4-18H,1-3H3. The quantitative estimate of drug-likeness (QED) is 0.356. The fourth-order valence-electron chi connectivity index (χ4n) is 3.49. The van der Waals surface area contributed by atoms with E-state index in [4.69, 9.17) is 0 Å². The summed E-state index contributed by atoms with van der Waals surface area (Å²) >= 11 is 0. The predicted octanol–water partition coefficient (Wildman–Crippen LogP) is 7.47. The molecule has 0 heterocycles. The van der Waals surface area contributed by atoms with Gasteiger partial charge in [-0.3, -0.25) is 0 Å². The Labute approximate surface area is 156 Å². The van der Waals surface area contributed by atoms with E-state index in [9.17, 15) is 0 Å². The summed E-state index contributed by atoms with van der Waals surface area (Å²) in [5.41, 5.74) is 6.62. The molecule has 0 unspecified atom stereocenters. The van der Waals surface area contributed by atoms with Crippen LogP contribution in [0.25, 0.3) is 33.0 Å². The molecule has 4 rings (SSSR count). The molecule has 0 aliphatic carbocycles. The minimum absolute atomic E-state index is 0.139. The normalized spacial score (nSPS) is 11.7. The second-order valence-corrected chi connectivity index (χ2v) is 7.94. The molecule has 0 radical (unpaired) electrons. The smallest absolute Gasteiger partial charge is 0.00989 e. The summed E-state index contributed by atoms with van der Waals surface area (Å²) in [6.45, 7) is 6.81. The average Bonchev–Trinajstić information content (AvgIpc) is 2.67. The van der Waals surface area contributed by atoms with E-state index in [-0.39, 0.29) is 5.41 Å². The Bertz CT molecular complexity index is 1050. The molecule has 0 atom stereocenters. The second kappa shape index (κ2) is 6.46. The van der Waals surface area contributed by atoms with Crippen molar-refractivity contribution in [3.8, 4) is 22.3 Å². The van der Waals surface area contributed by atoms with Gasteiger partial charge in [0.05, 0.1) is 0 Å². The molecule has 0 nitrogen and oxygen atoms in total. The van der Waals surface area contributed by atoms with Crippen LogP contribution < -0.4 is 0 Å². The molecule has 0 N–H and O–H groups in total. The van der Waals surface area contributed by atoms with E-state index < -0.39 is 0 Å². The van der Waals surface area contributed by atoms with Crippen LogP contribution in [0.2, 0.25) is 0 Å². The molecule has 26 heavy (non-hydrogen) atoms. The van der Waals surface area contributed by atoms with E-state index in [0.29, 0.717) is 0 Å². The summed E-state index contributed by atoms with van der Waals surface area (Å²) in [5.74, 6) is 0. The summed E-state index contributed by atoms with van der Waals surface area (Å²) in [6, 6.07) is 32.9. The number of benzene rings is 4. The molecule has 4 aromatic carbocycles. The van der Waals surface area contributed by atoms with Crippen molar-refractivity contribution in [2.45, 2.75) is 26.2 Å². The first-order valence-electron chi connectivity index (χ1n) is 9.21. The largest absolute Gasteiger partial charge is 0.0622 e. The zero-order chi connectivity index (χ0) is 18.1. The maximum Gasteiger partial charge on any atom is -0.00989 e. The van der Waals surface area contributed by atoms with Gasteiger partial charge in [0.25, 0.3) is 0 Å². The Kier molecular flexibility index (Phi) is 4.12. The van der Waals surface area contributed by atoms with E-state index in [1.54, 1.807) is 0 Å². The molecule has 0 amide bonds. The van der Waals surface area contributed by atoms with Crippen LogP contribution in [0.15, 0.2) is 91.0 Å². The third kappa shape index (κ3) is 3.15. The number of hydrogen-bond acceptors (Lipinski definition) is 0. The fraction of sp³-hybridized carbons (Fsp3) is 0.154. The zero-order valence-corrected chi connectivity index (χ0v) is 15.7. The van der Waals surface area contributed by atoms with Crippen molar-refractivity contribution in [2.24, 2.45) is 0 Å². The van der Waals surface area contributed by atoms with Crippen molar-refractivity contribution in [3.05, 3.63) is 96.6 Å². The fourth-order valence-corrected chi connectivity index (χ4v) is 3.49. The molecule has 0 aromatic heterocycles. The van der Waals surface area contributed by atoms with Crippen molar-refractivity contribution in [3.63, 3.8) is 0 Å². The van der Waals surface area contributed by atoms with E-state index in [1.165, 1.54) is 38.6 Å². The highest BCUT2D eigenvalue weighted by Crippen LogP contribution is 2.37. The Hall–Kier alpha value is -2.86. The maximum absolute atomic E-state index is 2.34. The van der Waals surface area contributed by atoms with E-state index >= 15 is 0 Å². The van der Waals surface area contributed by atoms with Crippen LogP contribution in [0.4, 0.5) is 0 Å². The van der Waals surface area contributed by atoms with Crippen molar-refractivity contribution in [1.29, 1.82) is 0 Å². The van der Waals surface area contributed by atoms with Crippen molar-refractivity contribution >= 4 is 10.8 Å². The molecule has 0 saturated heterocycles. The van der Waals surface area contributed by atoms with Crippen LogP contribution in [0, 0.1) is 0 Å². The molecule has 0 fully saturated rings. The van der Waals surface area contributed by atoms with Gasteiger partial charge >= 0.3 is 0 Å². The maximum atomic E-state index is 2.34. The van der Waals surface area contributed by atoms with Gasteiger partial charge in [-0.15, -0.1) is 0 Å². The Morgan fingerprint density at radius 3 is 1.65 bits per heavy atom. The Morgan fingerprint density at radius 1 is 0.500 bits per heavy atom. The third-order valence-electron chi connectivity index (χ3n) is 5.01. The highest BCUT2D eigenvalue weighted by atomic mass is 14.2. The van der Waals surface area contributed by atoms with Gasteiger partial charge in [0, 0.05) is 0 Å². The summed E-state index contributed by atoms with van der Waals surface area (Å²) in [5, 5.41) is 2.56. The highest BCUT2D eigenvalue weighted by molar-refractivity contribution is 5.96. The molecule has 0 aliphatic heterocycles. The van der Waals surface area contributed by atoms with Crippen LogP contribution in [0.3, 0.4) is 0 Å². The lowest BCUT2D eigenvalue weighted by molar-refractivity contribution is 0.590. The number of fused-ring (bicyclic) bond motifs is 1. The third-order valence-corrected chi connectivity index (χ3v) is 5.01. The molecule has 0 aliphatic rings. The zero-order valence-electron chi connectivity index (χ0n) is 15.7. The van der Waals surface area contributed by atoms with Crippen molar-refractivity contribution in [2.75, 3.05) is 0 Å². The molecule has 0 heteroatoms. The van der Waals surface area contributed by atoms with Crippen LogP contribution in [-0.2, 0) is 5.41 Å². The first-order chi connectivity index (χ1) is 12.5. The lowest BCUT2D eigenvalue weighted by atomic mass is 9.84. The van der Waals surface area contributed by atoms with Gasteiger partial charge in [0.2, 0.25) is 0 Å². The number of rotatable bonds is 2. The molecule has 0 bridgehead atoms.